The fourth-order valence-electron chi connectivity index (χ4n) is 3.71. The van der Waals surface area contributed by atoms with Crippen LogP contribution < -0.4 is 4.90 Å². The molecule has 8 nitrogen and oxygen atoms in total. The Morgan fingerprint density at radius 2 is 1.67 bits per heavy atom. The van der Waals surface area contributed by atoms with Gasteiger partial charge < -0.3 is 14.7 Å². The number of piperazine rings is 1. The van der Waals surface area contributed by atoms with E-state index < -0.39 is 5.92 Å². The molecule has 8 heteroatoms. The Morgan fingerprint density at radius 3 is 2.37 bits per heavy atom. The van der Waals surface area contributed by atoms with Crippen LogP contribution in [0.1, 0.15) is 24.1 Å². The summed E-state index contributed by atoms with van der Waals surface area (Å²) in [5, 5.41) is 0. The van der Waals surface area contributed by atoms with Gasteiger partial charge >= 0.3 is 0 Å². The second-order valence-corrected chi connectivity index (χ2v) is 6.86. The minimum absolute atomic E-state index is 0.0200. The van der Waals surface area contributed by atoms with Gasteiger partial charge in [0.1, 0.15) is 0 Å². The first-order chi connectivity index (χ1) is 13.1. The van der Waals surface area contributed by atoms with Gasteiger partial charge in [0.25, 0.3) is 0 Å². The molecule has 4 heterocycles. The number of fused-ring (bicyclic) bond motifs is 1. The number of nitrogens with zero attached hydrogens (tertiary/aromatic N) is 6. The number of aromatic nitrogens is 3. The summed E-state index contributed by atoms with van der Waals surface area (Å²) in [7, 11) is 0. The molecular formula is C19H22N6O2. The predicted molar refractivity (Wildman–Crippen MR) is 98.9 cm³/mol. The number of anilines is 1. The minimum Gasteiger partial charge on any atom is -0.339 e. The molecule has 1 unspecified atom stereocenters. The Kier molecular flexibility index (Phi) is 4.70. The standard InChI is InChI=1S/C19H22N6O2/c1-14(26)25-12-15-4-2-5-20-17(15)16(13-25)18(27)23-8-10-24(11-9-23)19-21-6-3-7-22-19/h2-7,16H,8-13H2,1H3. The molecule has 27 heavy (non-hydrogen) atoms. The van der Waals surface area contributed by atoms with Crippen LogP contribution in [-0.2, 0) is 16.1 Å². The van der Waals surface area contributed by atoms with Crippen molar-refractivity contribution >= 4 is 17.8 Å². The fraction of sp³-hybridized carbons (Fsp3) is 0.421. The van der Waals surface area contributed by atoms with Crippen LogP contribution in [0.5, 0.6) is 0 Å². The first kappa shape index (κ1) is 17.4. The third-order valence-corrected chi connectivity index (χ3v) is 5.19. The average molecular weight is 366 g/mol. The predicted octanol–water partition coefficient (Wildman–Crippen LogP) is 0.666. The summed E-state index contributed by atoms with van der Waals surface area (Å²) >= 11 is 0. The van der Waals surface area contributed by atoms with E-state index in [1.54, 1.807) is 36.5 Å². The molecule has 2 aliphatic heterocycles. The van der Waals surface area contributed by atoms with Crippen LogP contribution in [0.15, 0.2) is 36.8 Å². The van der Waals surface area contributed by atoms with Crippen LogP contribution in [0.25, 0.3) is 0 Å². The highest BCUT2D eigenvalue weighted by Gasteiger charge is 2.36. The topological polar surface area (TPSA) is 82.5 Å². The number of hydrogen-bond donors (Lipinski definition) is 0. The number of hydrogen-bond acceptors (Lipinski definition) is 6. The van der Waals surface area contributed by atoms with Crippen LogP contribution >= 0.6 is 0 Å². The van der Waals surface area contributed by atoms with Gasteiger partial charge in [0, 0.05) is 64.8 Å². The second-order valence-electron chi connectivity index (χ2n) is 6.86. The molecule has 0 radical (unpaired) electrons. The van der Waals surface area contributed by atoms with Crippen LogP contribution in [-0.4, -0.2) is 69.3 Å². The third kappa shape index (κ3) is 3.47. The molecule has 1 atom stereocenters. The molecule has 0 spiro atoms. The molecule has 1 fully saturated rings. The van der Waals surface area contributed by atoms with Crippen molar-refractivity contribution in [2.24, 2.45) is 0 Å². The molecule has 1 saturated heterocycles. The van der Waals surface area contributed by atoms with Gasteiger partial charge in [0.05, 0.1) is 11.6 Å². The van der Waals surface area contributed by atoms with Crippen molar-refractivity contribution in [2.75, 3.05) is 37.6 Å². The normalized spacial score (nSPS) is 19.6. The van der Waals surface area contributed by atoms with Crippen molar-refractivity contribution in [1.82, 2.24) is 24.8 Å². The summed E-state index contributed by atoms with van der Waals surface area (Å²) in [5.41, 5.74) is 1.75. The van der Waals surface area contributed by atoms with Gasteiger partial charge in [-0.15, -0.1) is 0 Å². The lowest BCUT2D eigenvalue weighted by atomic mass is 9.93. The molecule has 2 aliphatic rings. The van der Waals surface area contributed by atoms with Crippen molar-refractivity contribution in [3.63, 3.8) is 0 Å². The molecule has 0 N–H and O–H groups in total. The smallest absolute Gasteiger partial charge is 0.233 e. The number of carbonyl (C=O) groups is 2. The zero-order valence-electron chi connectivity index (χ0n) is 15.3. The summed E-state index contributed by atoms with van der Waals surface area (Å²) in [4.78, 5) is 43.8. The zero-order chi connectivity index (χ0) is 18.8. The van der Waals surface area contributed by atoms with E-state index in [0.717, 1.165) is 11.3 Å². The second kappa shape index (κ2) is 7.30. The van der Waals surface area contributed by atoms with Crippen molar-refractivity contribution < 1.29 is 9.59 Å². The zero-order valence-corrected chi connectivity index (χ0v) is 15.3. The SMILES string of the molecule is CC(=O)N1Cc2cccnc2C(C(=O)N2CCN(c3ncccn3)CC2)C1. The Balaban J connectivity index is 1.49. The van der Waals surface area contributed by atoms with Gasteiger partial charge in [0.2, 0.25) is 17.8 Å². The highest BCUT2D eigenvalue weighted by Crippen LogP contribution is 2.28. The largest absolute Gasteiger partial charge is 0.339 e. The minimum atomic E-state index is -0.404. The van der Waals surface area contributed by atoms with E-state index in [9.17, 15) is 9.59 Å². The van der Waals surface area contributed by atoms with E-state index in [0.29, 0.717) is 45.2 Å². The van der Waals surface area contributed by atoms with Gasteiger partial charge in [-0.3, -0.25) is 14.6 Å². The third-order valence-electron chi connectivity index (χ3n) is 5.19. The summed E-state index contributed by atoms with van der Waals surface area (Å²) in [6.45, 7) is 5.04. The maximum atomic E-state index is 13.2. The Bertz CT molecular complexity index is 835. The molecule has 0 saturated carbocycles. The van der Waals surface area contributed by atoms with Gasteiger partial charge in [-0.05, 0) is 17.7 Å². The Labute approximate surface area is 157 Å². The molecule has 2 aromatic rings. The molecular weight excluding hydrogens is 344 g/mol. The maximum Gasteiger partial charge on any atom is 0.233 e. The van der Waals surface area contributed by atoms with E-state index in [1.807, 2.05) is 17.0 Å². The lowest BCUT2D eigenvalue weighted by Gasteiger charge is -2.39. The summed E-state index contributed by atoms with van der Waals surface area (Å²) in [6, 6.07) is 5.59. The Hall–Kier alpha value is -3.03. The lowest BCUT2D eigenvalue weighted by molar-refractivity contribution is -0.136. The van der Waals surface area contributed by atoms with Crippen LogP contribution in [0.4, 0.5) is 5.95 Å². The highest BCUT2D eigenvalue weighted by atomic mass is 16.2. The summed E-state index contributed by atoms with van der Waals surface area (Å²) < 4.78 is 0. The van der Waals surface area contributed by atoms with Crippen molar-refractivity contribution in [2.45, 2.75) is 19.4 Å². The molecule has 0 bridgehead atoms. The van der Waals surface area contributed by atoms with Crippen molar-refractivity contribution in [3.8, 4) is 0 Å². The molecule has 140 valence electrons. The first-order valence-corrected chi connectivity index (χ1v) is 9.13. The quantitative estimate of drug-likeness (QED) is 0.777. The molecule has 0 aliphatic carbocycles. The fourth-order valence-corrected chi connectivity index (χ4v) is 3.71. The molecule has 2 amide bonds. The van der Waals surface area contributed by atoms with Crippen molar-refractivity contribution in [1.29, 1.82) is 0 Å². The van der Waals surface area contributed by atoms with Crippen LogP contribution in [0.2, 0.25) is 0 Å². The van der Waals surface area contributed by atoms with Gasteiger partial charge in [-0.1, -0.05) is 6.07 Å². The summed E-state index contributed by atoms with van der Waals surface area (Å²) in [6.07, 6.45) is 5.16. The van der Waals surface area contributed by atoms with Crippen molar-refractivity contribution in [3.05, 3.63) is 48.0 Å². The number of pyridine rings is 1. The lowest BCUT2D eigenvalue weighted by Crippen LogP contribution is -2.52. The molecule has 4 rings (SSSR count). The van der Waals surface area contributed by atoms with E-state index in [2.05, 4.69) is 19.9 Å². The van der Waals surface area contributed by atoms with E-state index in [-0.39, 0.29) is 11.8 Å². The van der Waals surface area contributed by atoms with E-state index in [4.69, 9.17) is 0 Å². The van der Waals surface area contributed by atoms with E-state index in [1.165, 1.54) is 0 Å². The number of rotatable bonds is 2. The monoisotopic (exact) mass is 366 g/mol. The highest BCUT2D eigenvalue weighted by molar-refractivity contribution is 5.86. The van der Waals surface area contributed by atoms with Crippen LogP contribution in [0.3, 0.4) is 0 Å². The van der Waals surface area contributed by atoms with E-state index >= 15 is 0 Å². The number of carbonyl (C=O) groups excluding carboxylic acids is 2. The molecule has 0 aromatic carbocycles. The molecule has 2 aromatic heterocycles. The summed E-state index contributed by atoms with van der Waals surface area (Å²) in [5.74, 6) is 0.304. The van der Waals surface area contributed by atoms with Crippen LogP contribution in [0, 0.1) is 0 Å². The van der Waals surface area contributed by atoms with Gasteiger partial charge in [0.15, 0.2) is 0 Å². The van der Waals surface area contributed by atoms with Gasteiger partial charge in [-0.25, -0.2) is 9.97 Å². The first-order valence-electron chi connectivity index (χ1n) is 9.13. The Morgan fingerprint density at radius 1 is 0.963 bits per heavy atom. The number of amides is 2. The average Bonchev–Trinajstić information content (AvgIpc) is 2.73. The van der Waals surface area contributed by atoms with Gasteiger partial charge in [-0.2, -0.15) is 0 Å². The maximum absolute atomic E-state index is 13.2.